The van der Waals surface area contributed by atoms with E-state index in [2.05, 4.69) is 43.3 Å². The van der Waals surface area contributed by atoms with Crippen LogP contribution in [0.25, 0.3) is 0 Å². The summed E-state index contributed by atoms with van der Waals surface area (Å²) in [5.74, 6) is 2.32. The van der Waals surface area contributed by atoms with Crippen molar-refractivity contribution in [2.75, 3.05) is 32.1 Å². The summed E-state index contributed by atoms with van der Waals surface area (Å²) in [5.41, 5.74) is 8.02. The van der Waals surface area contributed by atoms with Crippen LogP contribution in [0, 0.1) is 10.8 Å². The van der Waals surface area contributed by atoms with Crippen LogP contribution >= 0.6 is 23.5 Å². The lowest BCUT2D eigenvalue weighted by atomic mass is 9.94. The maximum Gasteiger partial charge on any atom is 0.151 e. The Morgan fingerprint density at radius 3 is 2.38 bits per heavy atom. The Morgan fingerprint density at radius 1 is 1.17 bits per heavy atom. The van der Waals surface area contributed by atoms with Gasteiger partial charge in [-0.05, 0) is 63.9 Å². The molecule has 0 saturated heterocycles. The van der Waals surface area contributed by atoms with E-state index in [1.165, 1.54) is 29.3 Å². The first-order valence-electron chi connectivity index (χ1n) is 8.27. The molecule has 0 bridgehead atoms. The molecule has 0 aliphatic carbocycles. The molecule has 24 heavy (non-hydrogen) atoms. The van der Waals surface area contributed by atoms with Crippen LogP contribution in [-0.4, -0.2) is 47.3 Å². The normalized spacial score (nSPS) is 12.3. The average Bonchev–Trinajstić information content (AvgIpc) is 2.50. The first kappa shape index (κ1) is 21.1. The van der Waals surface area contributed by atoms with Crippen molar-refractivity contribution >= 4 is 33.7 Å². The molecule has 0 unspecified atom stereocenters. The summed E-state index contributed by atoms with van der Waals surface area (Å²) in [6, 6.07) is 8.84. The Kier molecular flexibility index (Phi) is 10.1. The molecule has 0 heterocycles. The third-order valence-corrected chi connectivity index (χ3v) is 5.48. The summed E-state index contributed by atoms with van der Waals surface area (Å²) >= 11 is 3.03. The minimum absolute atomic E-state index is 0.187. The van der Waals surface area contributed by atoms with E-state index in [9.17, 15) is 0 Å². The fourth-order valence-corrected chi connectivity index (χ4v) is 3.83. The first-order valence-corrected chi connectivity index (χ1v) is 10.2. The van der Waals surface area contributed by atoms with Crippen LogP contribution in [-0.2, 0) is 6.42 Å². The van der Waals surface area contributed by atoms with Gasteiger partial charge in [-0.25, -0.2) is 0 Å². The number of rotatable bonds is 10. The van der Waals surface area contributed by atoms with E-state index < -0.39 is 0 Å². The molecular formula is C18H30N4S2. The molecule has 134 valence electrons. The molecule has 0 spiro atoms. The molecule has 1 atom stereocenters. The van der Waals surface area contributed by atoms with Crippen LogP contribution in [0.1, 0.15) is 36.8 Å². The molecule has 0 saturated carbocycles. The minimum atomic E-state index is 0.187. The molecule has 1 rings (SSSR count). The van der Waals surface area contributed by atoms with Gasteiger partial charge in [0.05, 0.1) is 5.04 Å². The van der Waals surface area contributed by atoms with E-state index in [-0.39, 0.29) is 5.17 Å². The van der Waals surface area contributed by atoms with Gasteiger partial charge < -0.3 is 10.6 Å². The SMILES string of the molecule is CC(=N)SC[C@H](CCCN(C)C)c1ccc(CCSC(=N)N)cc1. The molecule has 0 aliphatic heterocycles. The number of aryl methyl sites for hydroxylation is 1. The van der Waals surface area contributed by atoms with Gasteiger partial charge in [0.1, 0.15) is 0 Å². The number of amidine groups is 1. The highest BCUT2D eigenvalue weighted by Gasteiger charge is 2.12. The number of hydrogen-bond acceptors (Lipinski definition) is 5. The largest absolute Gasteiger partial charge is 0.379 e. The van der Waals surface area contributed by atoms with Gasteiger partial charge in [0.25, 0.3) is 0 Å². The van der Waals surface area contributed by atoms with Gasteiger partial charge in [0.15, 0.2) is 5.17 Å². The van der Waals surface area contributed by atoms with Crippen molar-refractivity contribution in [1.29, 1.82) is 10.8 Å². The highest BCUT2D eigenvalue weighted by Crippen LogP contribution is 2.26. The van der Waals surface area contributed by atoms with Gasteiger partial charge in [-0.1, -0.05) is 36.0 Å². The molecule has 1 aromatic carbocycles. The molecule has 4 N–H and O–H groups in total. The molecule has 0 aromatic heterocycles. The summed E-state index contributed by atoms with van der Waals surface area (Å²) in [4.78, 5) is 2.22. The van der Waals surface area contributed by atoms with Gasteiger partial charge >= 0.3 is 0 Å². The van der Waals surface area contributed by atoms with Gasteiger partial charge in [-0.15, -0.1) is 11.8 Å². The highest BCUT2D eigenvalue weighted by atomic mass is 32.2. The second-order valence-corrected chi connectivity index (χ2v) is 8.59. The van der Waals surface area contributed by atoms with E-state index in [4.69, 9.17) is 16.6 Å². The Balaban J connectivity index is 2.62. The molecule has 0 aliphatic rings. The highest BCUT2D eigenvalue weighted by molar-refractivity contribution is 8.13. The lowest BCUT2D eigenvalue weighted by Crippen LogP contribution is -2.14. The van der Waals surface area contributed by atoms with Crippen molar-refractivity contribution in [3.05, 3.63) is 35.4 Å². The summed E-state index contributed by atoms with van der Waals surface area (Å²) in [6.45, 7) is 2.96. The Morgan fingerprint density at radius 2 is 1.83 bits per heavy atom. The van der Waals surface area contributed by atoms with Crippen molar-refractivity contribution in [3.8, 4) is 0 Å². The third-order valence-electron chi connectivity index (χ3n) is 3.76. The van der Waals surface area contributed by atoms with E-state index in [1.807, 2.05) is 6.92 Å². The number of nitrogens with one attached hydrogen (secondary N) is 2. The number of hydrogen-bond donors (Lipinski definition) is 3. The van der Waals surface area contributed by atoms with Crippen molar-refractivity contribution < 1.29 is 0 Å². The molecule has 6 heteroatoms. The van der Waals surface area contributed by atoms with Crippen molar-refractivity contribution in [2.24, 2.45) is 5.73 Å². The smallest absolute Gasteiger partial charge is 0.151 e. The van der Waals surface area contributed by atoms with Crippen LogP contribution in [0.3, 0.4) is 0 Å². The predicted molar refractivity (Wildman–Crippen MR) is 111 cm³/mol. The summed E-state index contributed by atoms with van der Waals surface area (Å²) < 4.78 is 0. The monoisotopic (exact) mass is 366 g/mol. The van der Waals surface area contributed by atoms with Crippen LogP contribution in [0.5, 0.6) is 0 Å². The zero-order valence-corrected chi connectivity index (χ0v) is 16.6. The van der Waals surface area contributed by atoms with E-state index in [0.29, 0.717) is 11.0 Å². The second kappa shape index (κ2) is 11.6. The topological polar surface area (TPSA) is 77.0 Å². The number of nitrogens with two attached hydrogens (primary N) is 1. The lowest BCUT2D eigenvalue weighted by Gasteiger charge is -2.19. The van der Waals surface area contributed by atoms with E-state index in [0.717, 1.165) is 30.9 Å². The van der Waals surface area contributed by atoms with E-state index in [1.54, 1.807) is 11.8 Å². The summed E-state index contributed by atoms with van der Waals surface area (Å²) in [6.07, 6.45) is 3.26. The van der Waals surface area contributed by atoms with Crippen LogP contribution in [0.15, 0.2) is 24.3 Å². The minimum Gasteiger partial charge on any atom is -0.379 e. The Bertz CT molecular complexity index is 514. The summed E-state index contributed by atoms with van der Waals surface area (Å²) in [7, 11) is 4.22. The Hall–Kier alpha value is -0.980. The zero-order chi connectivity index (χ0) is 17.9. The standard InChI is InChI=1S/C18H30N4S2/c1-14(19)24-13-17(5-4-11-22(2)3)16-8-6-15(7-9-16)10-12-23-18(20)21/h6-9,17,19H,4-5,10-13H2,1-3H3,(H3,20,21)/t17-/m0/s1. The van der Waals surface area contributed by atoms with Crippen molar-refractivity contribution in [2.45, 2.75) is 32.1 Å². The van der Waals surface area contributed by atoms with E-state index >= 15 is 0 Å². The van der Waals surface area contributed by atoms with Gasteiger partial charge in [-0.2, -0.15) is 0 Å². The molecule has 0 fully saturated rings. The fraction of sp³-hybridized carbons (Fsp3) is 0.556. The molecule has 0 radical (unpaired) electrons. The van der Waals surface area contributed by atoms with Crippen LogP contribution in [0.4, 0.5) is 0 Å². The van der Waals surface area contributed by atoms with Crippen LogP contribution < -0.4 is 5.73 Å². The quantitative estimate of drug-likeness (QED) is 0.432. The number of benzene rings is 1. The van der Waals surface area contributed by atoms with Crippen LogP contribution in [0.2, 0.25) is 0 Å². The van der Waals surface area contributed by atoms with Crippen molar-refractivity contribution in [3.63, 3.8) is 0 Å². The van der Waals surface area contributed by atoms with Gasteiger partial charge in [0, 0.05) is 11.5 Å². The molecule has 0 amide bonds. The molecular weight excluding hydrogens is 336 g/mol. The van der Waals surface area contributed by atoms with Gasteiger partial charge in [-0.3, -0.25) is 10.8 Å². The third kappa shape index (κ3) is 9.35. The predicted octanol–water partition coefficient (Wildman–Crippen LogP) is 4.01. The zero-order valence-electron chi connectivity index (χ0n) is 15.0. The maximum atomic E-state index is 7.66. The fourth-order valence-electron chi connectivity index (χ4n) is 2.46. The number of thioether (sulfide) groups is 2. The number of nitrogens with zero attached hydrogens (tertiary/aromatic N) is 1. The summed E-state index contributed by atoms with van der Waals surface area (Å²) in [5, 5.41) is 15.8. The average molecular weight is 367 g/mol. The van der Waals surface area contributed by atoms with Crippen molar-refractivity contribution in [1.82, 2.24) is 4.90 Å². The molecule has 1 aromatic rings. The second-order valence-electron chi connectivity index (χ2n) is 6.21. The maximum absolute atomic E-state index is 7.66. The first-order chi connectivity index (χ1) is 11.4. The Labute approximate surface area is 155 Å². The lowest BCUT2D eigenvalue weighted by molar-refractivity contribution is 0.388. The van der Waals surface area contributed by atoms with Gasteiger partial charge in [0.2, 0.25) is 0 Å². The molecule has 4 nitrogen and oxygen atoms in total.